The highest BCUT2D eigenvalue weighted by molar-refractivity contribution is 5.96. The van der Waals surface area contributed by atoms with Crippen molar-refractivity contribution >= 4 is 5.91 Å². The zero-order chi connectivity index (χ0) is 28.5. The van der Waals surface area contributed by atoms with Crippen LogP contribution >= 0.6 is 0 Å². The summed E-state index contributed by atoms with van der Waals surface area (Å²) in [4.78, 5) is 23.2. The van der Waals surface area contributed by atoms with Crippen LogP contribution in [0.15, 0.2) is 55.1 Å². The number of nitrogens with zero attached hydrogens (tertiary/aromatic N) is 4. The van der Waals surface area contributed by atoms with Crippen molar-refractivity contribution in [1.29, 1.82) is 5.41 Å². The van der Waals surface area contributed by atoms with Crippen LogP contribution in [0, 0.1) is 11.3 Å². The zero-order valence-corrected chi connectivity index (χ0v) is 23.8. The molecule has 0 bridgehead atoms. The molecule has 212 valence electrons. The van der Waals surface area contributed by atoms with Gasteiger partial charge < -0.3 is 23.9 Å². The van der Waals surface area contributed by atoms with Gasteiger partial charge in [-0.15, -0.1) is 0 Å². The van der Waals surface area contributed by atoms with Crippen molar-refractivity contribution in [1.82, 2.24) is 24.4 Å². The molecule has 1 fully saturated rings. The number of benzene rings is 2. The molecule has 2 N–H and O–H groups in total. The summed E-state index contributed by atoms with van der Waals surface area (Å²) in [6, 6.07) is 11.6. The summed E-state index contributed by atoms with van der Waals surface area (Å²) in [6.07, 6.45) is 11.6. The number of amides is 1. The fourth-order valence-corrected chi connectivity index (χ4v) is 5.81. The Morgan fingerprint density at radius 3 is 2.46 bits per heavy atom. The van der Waals surface area contributed by atoms with Crippen LogP contribution in [0.3, 0.4) is 0 Å². The number of nitrogens with one attached hydrogen (secondary N) is 2. The molecular formula is C32H36N6O3. The van der Waals surface area contributed by atoms with Crippen molar-refractivity contribution in [3.63, 3.8) is 0 Å². The number of ether oxygens (including phenoxy) is 2. The Kier molecular flexibility index (Phi) is 7.34. The first-order valence-electron chi connectivity index (χ1n) is 14.2. The fraction of sp³-hybridized carbons (Fsp3) is 0.375. The smallest absolute Gasteiger partial charge is 0.251 e. The zero-order valence-electron chi connectivity index (χ0n) is 23.8. The Hall–Kier alpha value is -4.40. The summed E-state index contributed by atoms with van der Waals surface area (Å²) in [5.74, 6) is 1.61. The van der Waals surface area contributed by atoms with E-state index >= 15 is 0 Å². The van der Waals surface area contributed by atoms with Gasteiger partial charge in [-0.3, -0.25) is 10.2 Å². The maximum absolute atomic E-state index is 14.0. The number of aromatic nitrogens is 4. The van der Waals surface area contributed by atoms with Gasteiger partial charge >= 0.3 is 0 Å². The highest BCUT2D eigenvalue weighted by atomic mass is 16.5. The maximum atomic E-state index is 14.0. The molecule has 9 nitrogen and oxygen atoms in total. The van der Waals surface area contributed by atoms with Crippen LogP contribution in [-0.4, -0.2) is 39.2 Å². The third-order valence-electron chi connectivity index (χ3n) is 8.20. The molecule has 2 aliphatic carbocycles. The van der Waals surface area contributed by atoms with Crippen molar-refractivity contribution < 1.29 is 14.3 Å². The molecule has 41 heavy (non-hydrogen) atoms. The standard InChI is InChI=1S/C32H36N6O3/c1-37-10-11-38(32(37)33)18-20-12-22(30-27-6-4-5-7-28(27)34-19-35-30)14-24(13-20)31(39)36-29(21-8-9-21)23-15-25(40-2)17-26(16-23)41-3/h10-17,19,21,29,33H,4-9,18H2,1-3H3,(H,36,39). The first-order chi connectivity index (χ1) is 19.9. The number of methoxy groups -OCH3 is 2. The van der Waals surface area contributed by atoms with Gasteiger partial charge in [0.1, 0.15) is 17.8 Å². The molecular weight excluding hydrogens is 516 g/mol. The van der Waals surface area contributed by atoms with Crippen molar-refractivity contribution in [2.45, 2.75) is 51.1 Å². The monoisotopic (exact) mass is 552 g/mol. The minimum Gasteiger partial charge on any atom is -0.497 e. The first-order valence-corrected chi connectivity index (χ1v) is 14.2. The number of carbonyl (C=O) groups excluding carboxylic acids is 1. The number of rotatable bonds is 9. The van der Waals surface area contributed by atoms with Crippen LogP contribution < -0.4 is 20.4 Å². The lowest BCUT2D eigenvalue weighted by molar-refractivity contribution is 0.0931. The second-order valence-corrected chi connectivity index (χ2v) is 11.1. The van der Waals surface area contributed by atoms with E-state index < -0.39 is 0 Å². The van der Waals surface area contributed by atoms with E-state index in [2.05, 4.69) is 16.4 Å². The summed E-state index contributed by atoms with van der Waals surface area (Å²) in [7, 11) is 5.12. The number of hydrogen-bond acceptors (Lipinski definition) is 6. The molecule has 2 aliphatic rings. The SMILES string of the molecule is COc1cc(OC)cc(C(NC(=O)c2cc(Cn3ccn(C)c3=N)cc(-c3ncnc4c3CCCC4)c2)C2CC2)c1. The Bertz CT molecular complexity index is 1630. The van der Waals surface area contributed by atoms with E-state index in [-0.39, 0.29) is 11.9 Å². The molecule has 0 spiro atoms. The minimum atomic E-state index is -0.159. The number of carbonyl (C=O) groups is 1. The Balaban J connectivity index is 1.39. The average Bonchev–Trinajstić information content (AvgIpc) is 3.81. The van der Waals surface area contributed by atoms with Crippen LogP contribution in [0.4, 0.5) is 0 Å². The number of hydrogen-bond donors (Lipinski definition) is 2. The number of fused-ring (bicyclic) bond motifs is 1. The van der Waals surface area contributed by atoms with Crippen molar-refractivity contribution in [2.24, 2.45) is 13.0 Å². The predicted molar refractivity (Wildman–Crippen MR) is 155 cm³/mol. The van der Waals surface area contributed by atoms with E-state index in [1.165, 1.54) is 5.56 Å². The van der Waals surface area contributed by atoms with Gasteiger partial charge in [-0.05, 0) is 91.5 Å². The first kappa shape index (κ1) is 26.8. The summed E-state index contributed by atoms with van der Waals surface area (Å²) >= 11 is 0. The van der Waals surface area contributed by atoms with Crippen molar-refractivity contribution in [3.8, 4) is 22.8 Å². The van der Waals surface area contributed by atoms with Gasteiger partial charge in [0.15, 0.2) is 0 Å². The van der Waals surface area contributed by atoms with Gasteiger partial charge in [0.05, 0.1) is 32.5 Å². The lowest BCUT2D eigenvalue weighted by atomic mass is 9.91. The van der Waals surface area contributed by atoms with Gasteiger partial charge in [-0.1, -0.05) is 0 Å². The lowest BCUT2D eigenvalue weighted by Crippen LogP contribution is -2.30. The van der Waals surface area contributed by atoms with Crippen LogP contribution in [0.1, 0.15) is 64.5 Å². The second-order valence-electron chi connectivity index (χ2n) is 11.1. The van der Waals surface area contributed by atoms with E-state index in [4.69, 9.17) is 19.9 Å². The molecule has 1 unspecified atom stereocenters. The topological polar surface area (TPSA) is 107 Å². The van der Waals surface area contributed by atoms with E-state index in [1.54, 1.807) is 25.1 Å². The Labute approximate surface area is 239 Å². The molecule has 9 heteroatoms. The van der Waals surface area contributed by atoms with Crippen molar-refractivity contribution in [2.75, 3.05) is 14.2 Å². The molecule has 2 aromatic carbocycles. The van der Waals surface area contributed by atoms with Crippen LogP contribution in [0.2, 0.25) is 0 Å². The van der Waals surface area contributed by atoms with Crippen LogP contribution in [0.25, 0.3) is 11.3 Å². The van der Waals surface area contributed by atoms with E-state index in [0.29, 0.717) is 35.1 Å². The molecule has 1 amide bonds. The molecule has 2 heterocycles. The molecule has 1 atom stereocenters. The molecule has 0 radical (unpaired) electrons. The summed E-state index contributed by atoms with van der Waals surface area (Å²) < 4.78 is 14.6. The molecule has 0 aliphatic heterocycles. The summed E-state index contributed by atoms with van der Waals surface area (Å²) in [6.45, 7) is 0.472. The van der Waals surface area contributed by atoms with E-state index in [9.17, 15) is 4.79 Å². The fourth-order valence-electron chi connectivity index (χ4n) is 5.81. The molecule has 1 saturated carbocycles. The number of aryl methyl sites for hydroxylation is 2. The Morgan fingerprint density at radius 1 is 1.02 bits per heavy atom. The number of imidazole rings is 1. The van der Waals surface area contributed by atoms with E-state index in [0.717, 1.165) is 66.6 Å². The van der Waals surface area contributed by atoms with Crippen LogP contribution in [-0.2, 0) is 26.4 Å². The second kappa shape index (κ2) is 11.2. The average molecular weight is 553 g/mol. The normalized spacial score (nSPS) is 15.2. The molecule has 0 saturated heterocycles. The quantitative estimate of drug-likeness (QED) is 0.316. The predicted octanol–water partition coefficient (Wildman–Crippen LogP) is 4.59. The molecule has 6 rings (SSSR count). The van der Waals surface area contributed by atoms with Crippen LogP contribution in [0.5, 0.6) is 11.5 Å². The van der Waals surface area contributed by atoms with E-state index in [1.807, 2.05) is 54.3 Å². The van der Waals surface area contributed by atoms with Gasteiger partial charge in [0, 0.05) is 42.3 Å². The Morgan fingerprint density at radius 2 is 1.78 bits per heavy atom. The van der Waals surface area contributed by atoms with Gasteiger partial charge in [0.2, 0.25) is 5.62 Å². The largest absolute Gasteiger partial charge is 0.497 e. The van der Waals surface area contributed by atoms with Crippen molar-refractivity contribution in [3.05, 3.63) is 88.7 Å². The van der Waals surface area contributed by atoms with Gasteiger partial charge in [0.25, 0.3) is 5.91 Å². The highest BCUT2D eigenvalue weighted by Gasteiger charge is 2.34. The highest BCUT2D eigenvalue weighted by Crippen LogP contribution is 2.43. The maximum Gasteiger partial charge on any atom is 0.251 e. The minimum absolute atomic E-state index is 0.140. The third kappa shape index (κ3) is 5.62. The third-order valence-corrected chi connectivity index (χ3v) is 8.20. The molecule has 4 aromatic rings. The van der Waals surface area contributed by atoms with Gasteiger partial charge in [-0.2, -0.15) is 0 Å². The van der Waals surface area contributed by atoms with Gasteiger partial charge in [-0.25, -0.2) is 9.97 Å². The summed E-state index contributed by atoms with van der Waals surface area (Å²) in [5.41, 5.74) is 6.95. The lowest BCUT2D eigenvalue weighted by Gasteiger charge is -2.21. The summed E-state index contributed by atoms with van der Waals surface area (Å²) in [5, 5.41) is 11.7. The molecule has 2 aromatic heterocycles.